The Morgan fingerprint density at radius 2 is 1.88 bits per heavy atom. The molecule has 0 fully saturated rings. The van der Waals surface area contributed by atoms with Crippen LogP contribution in [0.15, 0.2) is 53.3 Å². The quantitative estimate of drug-likeness (QED) is 0.772. The van der Waals surface area contributed by atoms with Crippen molar-refractivity contribution in [2.45, 2.75) is 33.4 Å². The number of benzene rings is 1. The van der Waals surface area contributed by atoms with Crippen LogP contribution < -0.4 is 10.9 Å². The van der Waals surface area contributed by atoms with E-state index in [1.165, 1.54) is 12.1 Å². The zero-order valence-electron chi connectivity index (χ0n) is 14.7. The van der Waals surface area contributed by atoms with Gasteiger partial charge in [0.25, 0.3) is 5.56 Å². The van der Waals surface area contributed by atoms with E-state index in [4.69, 9.17) is 0 Å². The molecule has 0 saturated carbocycles. The smallest absolute Gasteiger partial charge is 0.258 e. The molecule has 3 rings (SSSR count). The van der Waals surface area contributed by atoms with Crippen LogP contribution in [0.5, 0.6) is 0 Å². The largest absolute Gasteiger partial charge is 0.304 e. The highest BCUT2D eigenvalue weighted by molar-refractivity contribution is 5.40. The fraction of sp³-hybridized carbons (Fsp3) is 0.300. The predicted octanol–water partition coefficient (Wildman–Crippen LogP) is 3.63. The van der Waals surface area contributed by atoms with Gasteiger partial charge in [-0.15, -0.1) is 0 Å². The average molecular weight is 339 g/mol. The summed E-state index contributed by atoms with van der Waals surface area (Å²) in [6, 6.07) is 13.7. The third kappa shape index (κ3) is 3.77. The van der Waals surface area contributed by atoms with Crippen LogP contribution in [0.4, 0.5) is 4.39 Å². The number of pyridine rings is 1. The van der Waals surface area contributed by atoms with Gasteiger partial charge in [0.15, 0.2) is 0 Å². The van der Waals surface area contributed by atoms with Gasteiger partial charge in [-0.05, 0) is 42.7 Å². The van der Waals surface area contributed by atoms with Gasteiger partial charge in [-0.3, -0.25) is 9.20 Å². The molecule has 0 amide bonds. The van der Waals surface area contributed by atoms with E-state index in [-0.39, 0.29) is 17.4 Å². The van der Waals surface area contributed by atoms with Crippen molar-refractivity contribution < 1.29 is 4.39 Å². The van der Waals surface area contributed by atoms with Crippen molar-refractivity contribution in [3.8, 4) is 0 Å². The lowest BCUT2D eigenvalue weighted by atomic mass is 9.96. The van der Waals surface area contributed by atoms with Crippen molar-refractivity contribution in [3.63, 3.8) is 0 Å². The van der Waals surface area contributed by atoms with Crippen molar-refractivity contribution in [3.05, 3.63) is 81.7 Å². The van der Waals surface area contributed by atoms with Crippen molar-refractivity contribution >= 4 is 5.65 Å². The Kier molecular flexibility index (Phi) is 4.95. The molecular formula is C20H22FN3O. The zero-order chi connectivity index (χ0) is 18.0. The van der Waals surface area contributed by atoms with Gasteiger partial charge in [0.2, 0.25) is 0 Å². The number of nitrogens with zero attached hydrogens (tertiary/aromatic N) is 2. The molecule has 0 aliphatic carbocycles. The molecule has 2 heterocycles. The summed E-state index contributed by atoms with van der Waals surface area (Å²) in [6.07, 6.45) is 0. The number of aryl methyl sites for hydroxylation is 1. The Morgan fingerprint density at radius 3 is 2.56 bits per heavy atom. The van der Waals surface area contributed by atoms with E-state index in [0.29, 0.717) is 23.8 Å². The molecular weight excluding hydrogens is 317 g/mol. The molecule has 0 unspecified atom stereocenters. The number of hydrogen-bond donors (Lipinski definition) is 1. The van der Waals surface area contributed by atoms with Crippen LogP contribution >= 0.6 is 0 Å². The third-order valence-corrected chi connectivity index (χ3v) is 4.33. The first kappa shape index (κ1) is 17.3. The highest BCUT2D eigenvalue weighted by Crippen LogP contribution is 2.22. The highest BCUT2D eigenvalue weighted by atomic mass is 19.1. The molecule has 5 heteroatoms. The minimum atomic E-state index is -0.245. The van der Waals surface area contributed by atoms with Gasteiger partial charge in [0.1, 0.15) is 11.5 Å². The Balaban J connectivity index is 1.85. The SMILES string of the molecule is Cc1cccc2nc(CN[C@@H](c3ccc(F)cc3)C(C)C)cc(=O)n12. The van der Waals surface area contributed by atoms with E-state index in [9.17, 15) is 9.18 Å². The van der Waals surface area contributed by atoms with Gasteiger partial charge >= 0.3 is 0 Å². The first-order chi connectivity index (χ1) is 12.0. The Morgan fingerprint density at radius 1 is 1.16 bits per heavy atom. The van der Waals surface area contributed by atoms with Crippen LogP contribution in [0.2, 0.25) is 0 Å². The average Bonchev–Trinajstić information content (AvgIpc) is 2.56. The number of rotatable bonds is 5. The summed E-state index contributed by atoms with van der Waals surface area (Å²) in [5, 5.41) is 3.44. The summed E-state index contributed by atoms with van der Waals surface area (Å²) < 4.78 is 14.8. The van der Waals surface area contributed by atoms with Crippen LogP contribution in [0.1, 0.15) is 36.8 Å². The van der Waals surface area contributed by atoms with Crippen molar-refractivity contribution in [1.82, 2.24) is 14.7 Å². The Hall–Kier alpha value is -2.53. The molecule has 0 aliphatic heterocycles. The molecule has 0 aliphatic rings. The second-order valence-corrected chi connectivity index (χ2v) is 6.60. The number of fused-ring (bicyclic) bond motifs is 1. The number of aromatic nitrogens is 2. The van der Waals surface area contributed by atoms with E-state index in [1.54, 1.807) is 22.6 Å². The standard InChI is InChI=1S/C20H22FN3O/c1-13(2)20(15-7-9-16(21)10-8-15)22-12-17-11-19(25)24-14(3)5-4-6-18(24)23-17/h4-11,13,20,22H,12H2,1-3H3/t20-/m1/s1. The molecule has 2 aromatic heterocycles. The lowest BCUT2D eigenvalue weighted by molar-refractivity contribution is 0.408. The fourth-order valence-corrected chi connectivity index (χ4v) is 3.08. The van der Waals surface area contributed by atoms with Gasteiger partial charge in [-0.1, -0.05) is 32.0 Å². The van der Waals surface area contributed by atoms with E-state index in [0.717, 1.165) is 11.3 Å². The maximum Gasteiger partial charge on any atom is 0.258 e. The normalized spacial score (nSPS) is 12.7. The van der Waals surface area contributed by atoms with Crippen LogP contribution in [-0.4, -0.2) is 9.38 Å². The minimum absolute atomic E-state index is 0.0540. The summed E-state index contributed by atoms with van der Waals surface area (Å²) in [7, 11) is 0. The minimum Gasteiger partial charge on any atom is -0.304 e. The molecule has 3 aromatic rings. The summed E-state index contributed by atoms with van der Waals surface area (Å²) in [5.74, 6) is 0.0695. The highest BCUT2D eigenvalue weighted by Gasteiger charge is 2.16. The number of halogens is 1. The van der Waals surface area contributed by atoms with Gasteiger partial charge < -0.3 is 5.32 Å². The van der Waals surface area contributed by atoms with Crippen LogP contribution in [0.25, 0.3) is 5.65 Å². The Bertz CT molecular complexity index is 932. The molecule has 25 heavy (non-hydrogen) atoms. The maximum absolute atomic E-state index is 13.2. The van der Waals surface area contributed by atoms with Crippen LogP contribution in [0.3, 0.4) is 0 Å². The van der Waals surface area contributed by atoms with E-state index < -0.39 is 0 Å². The summed E-state index contributed by atoms with van der Waals surface area (Å²) >= 11 is 0. The summed E-state index contributed by atoms with van der Waals surface area (Å²) in [6.45, 7) is 6.57. The second kappa shape index (κ2) is 7.15. The van der Waals surface area contributed by atoms with Gasteiger partial charge in [-0.2, -0.15) is 0 Å². The third-order valence-electron chi connectivity index (χ3n) is 4.33. The first-order valence-electron chi connectivity index (χ1n) is 8.43. The molecule has 4 nitrogen and oxygen atoms in total. The van der Waals surface area contributed by atoms with Crippen molar-refractivity contribution in [2.24, 2.45) is 5.92 Å². The van der Waals surface area contributed by atoms with E-state index in [1.807, 2.05) is 25.1 Å². The second-order valence-electron chi connectivity index (χ2n) is 6.60. The van der Waals surface area contributed by atoms with Gasteiger partial charge in [0.05, 0.1) is 5.69 Å². The van der Waals surface area contributed by atoms with Crippen LogP contribution in [-0.2, 0) is 6.54 Å². The monoisotopic (exact) mass is 339 g/mol. The lowest BCUT2D eigenvalue weighted by Crippen LogP contribution is -2.27. The summed E-state index contributed by atoms with van der Waals surface area (Å²) in [5.41, 5.74) is 3.14. The fourth-order valence-electron chi connectivity index (χ4n) is 3.08. The molecule has 1 atom stereocenters. The van der Waals surface area contributed by atoms with E-state index in [2.05, 4.69) is 24.1 Å². The number of hydrogen-bond acceptors (Lipinski definition) is 3. The Labute approximate surface area is 146 Å². The van der Waals surface area contributed by atoms with Crippen molar-refractivity contribution in [2.75, 3.05) is 0 Å². The molecule has 0 saturated heterocycles. The molecule has 0 spiro atoms. The van der Waals surface area contributed by atoms with E-state index >= 15 is 0 Å². The zero-order valence-corrected chi connectivity index (χ0v) is 14.7. The molecule has 130 valence electrons. The topological polar surface area (TPSA) is 46.4 Å². The molecule has 1 N–H and O–H groups in total. The van der Waals surface area contributed by atoms with Crippen molar-refractivity contribution in [1.29, 1.82) is 0 Å². The molecule has 1 aromatic carbocycles. The lowest BCUT2D eigenvalue weighted by Gasteiger charge is -2.23. The van der Waals surface area contributed by atoms with Gasteiger partial charge in [0, 0.05) is 24.3 Å². The van der Waals surface area contributed by atoms with Gasteiger partial charge in [-0.25, -0.2) is 9.37 Å². The first-order valence-corrected chi connectivity index (χ1v) is 8.43. The molecule has 0 bridgehead atoms. The maximum atomic E-state index is 13.2. The number of nitrogens with one attached hydrogen (secondary N) is 1. The molecule has 0 radical (unpaired) electrons. The van der Waals surface area contributed by atoms with Crippen LogP contribution in [0, 0.1) is 18.7 Å². The summed E-state index contributed by atoms with van der Waals surface area (Å²) in [4.78, 5) is 16.9. The predicted molar refractivity (Wildman–Crippen MR) is 97.0 cm³/mol.